The molecule has 0 spiro atoms. The number of rotatable bonds is 5. The van der Waals surface area contributed by atoms with E-state index in [1.165, 1.54) is 0 Å². The first-order valence-electron chi connectivity index (χ1n) is 8.90. The fraction of sp³-hybridized carbons (Fsp3) is 0.0952. The van der Waals surface area contributed by atoms with Crippen LogP contribution in [0.25, 0.3) is 22.0 Å². The van der Waals surface area contributed by atoms with Gasteiger partial charge in [-0.3, -0.25) is 14.9 Å². The van der Waals surface area contributed by atoms with Crippen LogP contribution in [0.5, 0.6) is 0 Å². The summed E-state index contributed by atoms with van der Waals surface area (Å²) in [5.41, 5.74) is 12.1. The number of aromatic amines is 1. The molecule has 6 nitrogen and oxygen atoms in total. The van der Waals surface area contributed by atoms with E-state index in [1.807, 2.05) is 6.07 Å². The minimum atomic E-state index is -1.15. The lowest BCUT2D eigenvalue weighted by atomic mass is 9.89. The largest absolute Gasteiger partial charge is 0.394 e. The second kappa shape index (κ2) is 7.31. The third kappa shape index (κ3) is 3.29. The van der Waals surface area contributed by atoms with E-state index in [0.717, 1.165) is 16.6 Å². The number of benzene rings is 2. The number of nitrogens with zero attached hydrogens (tertiary/aromatic N) is 2. The highest BCUT2D eigenvalue weighted by Gasteiger charge is 2.27. The second-order valence-electron chi connectivity index (χ2n) is 6.63. The molecule has 4 aromatic rings. The molecule has 0 saturated heterocycles. The number of aromatic nitrogens is 3. The molecule has 2 aromatic carbocycles. The molecule has 0 bridgehead atoms. The molecule has 5 N–H and O–H groups in total. The lowest BCUT2D eigenvalue weighted by molar-refractivity contribution is 0.0997. The SMILES string of the molecule is NC(=O)c1c(F)c(N)c(F)c(CCc2ccccn2)c1-c1ccc2[nH]ncc2c1. The van der Waals surface area contributed by atoms with Crippen molar-refractivity contribution in [2.75, 3.05) is 5.73 Å². The summed E-state index contributed by atoms with van der Waals surface area (Å²) in [5.74, 6) is -3.07. The van der Waals surface area contributed by atoms with Crippen LogP contribution < -0.4 is 11.5 Å². The first-order valence-corrected chi connectivity index (χ1v) is 8.90. The van der Waals surface area contributed by atoms with Crippen LogP contribution in [0.15, 0.2) is 48.8 Å². The molecule has 0 atom stereocenters. The van der Waals surface area contributed by atoms with E-state index in [9.17, 15) is 9.18 Å². The first kappa shape index (κ1) is 18.5. The van der Waals surface area contributed by atoms with Gasteiger partial charge < -0.3 is 11.5 Å². The molecule has 0 aliphatic rings. The molecule has 1 amide bonds. The van der Waals surface area contributed by atoms with Crippen molar-refractivity contribution in [3.63, 3.8) is 0 Å². The molecule has 4 rings (SSSR count). The van der Waals surface area contributed by atoms with Gasteiger partial charge in [-0.25, -0.2) is 8.78 Å². The number of hydrogen-bond donors (Lipinski definition) is 3. The summed E-state index contributed by atoms with van der Waals surface area (Å²) < 4.78 is 29.8. The third-order valence-corrected chi connectivity index (χ3v) is 4.84. The van der Waals surface area contributed by atoms with Crippen LogP contribution in [0.1, 0.15) is 21.6 Å². The zero-order chi connectivity index (χ0) is 20.5. The first-order chi connectivity index (χ1) is 14.0. The number of H-pyrrole nitrogens is 1. The summed E-state index contributed by atoms with van der Waals surface area (Å²) in [6.07, 6.45) is 3.75. The van der Waals surface area contributed by atoms with E-state index in [4.69, 9.17) is 11.5 Å². The van der Waals surface area contributed by atoms with E-state index in [-0.39, 0.29) is 17.5 Å². The van der Waals surface area contributed by atoms with Crippen LogP contribution in [0.4, 0.5) is 14.5 Å². The number of amides is 1. The molecule has 8 heteroatoms. The van der Waals surface area contributed by atoms with Crippen molar-refractivity contribution in [2.24, 2.45) is 5.73 Å². The molecule has 2 aromatic heterocycles. The summed E-state index contributed by atoms with van der Waals surface area (Å²) in [6, 6.07) is 10.5. The van der Waals surface area contributed by atoms with Crippen LogP contribution in [0.3, 0.4) is 0 Å². The number of aryl methyl sites for hydroxylation is 1. The van der Waals surface area contributed by atoms with Gasteiger partial charge in [-0.2, -0.15) is 5.10 Å². The molecular formula is C21H17F2N5O. The van der Waals surface area contributed by atoms with Crippen molar-refractivity contribution in [3.05, 3.63) is 77.2 Å². The molecule has 0 aliphatic carbocycles. The highest BCUT2D eigenvalue weighted by molar-refractivity contribution is 6.03. The van der Waals surface area contributed by atoms with E-state index >= 15 is 4.39 Å². The number of nitrogens with one attached hydrogen (secondary N) is 1. The minimum Gasteiger partial charge on any atom is -0.394 e. The Hall–Kier alpha value is -3.81. The lowest BCUT2D eigenvalue weighted by Gasteiger charge is -2.18. The van der Waals surface area contributed by atoms with Gasteiger partial charge in [0.15, 0.2) is 11.6 Å². The Bertz CT molecular complexity index is 1220. The van der Waals surface area contributed by atoms with Gasteiger partial charge in [0, 0.05) is 22.8 Å². The summed E-state index contributed by atoms with van der Waals surface area (Å²) in [5, 5.41) is 7.49. The normalized spacial score (nSPS) is 11.1. The van der Waals surface area contributed by atoms with Gasteiger partial charge in [-0.05, 0) is 48.2 Å². The lowest BCUT2D eigenvalue weighted by Crippen LogP contribution is -2.19. The third-order valence-electron chi connectivity index (χ3n) is 4.84. The highest BCUT2D eigenvalue weighted by Crippen LogP contribution is 2.37. The number of nitrogen functional groups attached to an aromatic ring is 1. The predicted molar refractivity (Wildman–Crippen MR) is 106 cm³/mol. The maximum absolute atomic E-state index is 15.1. The monoisotopic (exact) mass is 393 g/mol. The zero-order valence-corrected chi connectivity index (χ0v) is 15.2. The molecule has 2 heterocycles. The van der Waals surface area contributed by atoms with E-state index in [1.54, 1.807) is 42.7 Å². The van der Waals surface area contributed by atoms with Crippen LogP contribution in [-0.4, -0.2) is 21.1 Å². The van der Waals surface area contributed by atoms with Crippen LogP contribution in [0.2, 0.25) is 0 Å². The predicted octanol–water partition coefficient (Wildman–Crippen LogP) is 3.37. The Balaban J connectivity index is 1.93. The summed E-state index contributed by atoms with van der Waals surface area (Å²) in [6.45, 7) is 0. The summed E-state index contributed by atoms with van der Waals surface area (Å²) in [7, 11) is 0. The Kier molecular flexibility index (Phi) is 4.67. The smallest absolute Gasteiger partial charge is 0.252 e. The highest BCUT2D eigenvalue weighted by atomic mass is 19.1. The summed E-state index contributed by atoms with van der Waals surface area (Å²) >= 11 is 0. The van der Waals surface area contributed by atoms with Gasteiger partial charge in [-0.1, -0.05) is 12.1 Å². The number of halogens is 2. The number of carbonyl (C=O) groups excluding carboxylic acids is 1. The van der Waals surface area contributed by atoms with Crippen molar-refractivity contribution >= 4 is 22.5 Å². The maximum Gasteiger partial charge on any atom is 0.252 e. The Labute approximate surface area is 164 Å². The van der Waals surface area contributed by atoms with E-state index in [2.05, 4.69) is 15.2 Å². The van der Waals surface area contributed by atoms with Crippen molar-refractivity contribution < 1.29 is 13.6 Å². The molecule has 0 fully saturated rings. The van der Waals surface area contributed by atoms with Crippen LogP contribution >= 0.6 is 0 Å². The number of anilines is 1. The van der Waals surface area contributed by atoms with Crippen molar-refractivity contribution in [2.45, 2.75) is 12.8 Å². The van der Waals surface area contributed by atoms with Gasteiger partial charge in [-0.15, -0.1) is 0 Å². The molecule has 0 saturated carbocycles. The number of fused-ring (bicyclic) bond motifs is 1. The topological polar surface area (TPSA) is 111 Å². The second-order valence-corrected chi connectivity index (χ2v) is 6.63. The van der Waals surface area contributed by atoms with E-state index in [0.29, 0.717) is 12.0 Å². The Morgan fingerprint density at radius 2 is 1.93 bits per heavy atom. The molecule has 0 radical (unpaired) electrons. The fourth-order valence-corrected chi connectivity index (χ4v) is 3.45. The van der Waals surface area contributed by atoms with E-state index < -0.39 is 28.8 Å². The van der Waals surface area contributed by atoms with Gasteiger partial charge in [0.1, 0.15) is 5.69 Å². The van der Waals surface area contributed by atoms with Gasteiger partial charge >= 0.3 is 0 Å². The molecule has 0 unspecified atom stereocenters. The number of hydrogen-bond acceptors (Lipinski definition) is 4. The van der Waals surface area contributed by atoms with Crippen LogP contribution in [0, 0.1) is 11.6 Å². The molecule has 0 aliphatic heterocycles. The molecule has 146 valence electrons. The number of pyridine rings is 1. The average molecular weight is 393 g/mol. The Morgan fingerprint density at radius 3 is 2.66 bits per heavy atom. The van der Waals surface area contributed by atoms with Crippen molar-refractivity contribution in [3.8, 4) is 11.1 Å². The van der Waals surface area contributed by atoms with Crippen molar-refractivity contribution in [1.82, 2.24) is 15.2 Å². The standard InChI is InChI=1S/C21H17F2N5O/c22-18-14(6-5-13-3-1-2-8-26-13)16(17(21(25)29)19(23)20(18)24)11-4-7-15-12(9-11)10-27-28-15/h1-4,7-10H,5-6,24H2,(H2,25,29)(H,27,28). The average Bonchev–Trinajstić information content (AvgIpc) is 3.19. The van der Waals surface area contributed by atoms with Crippen LogP contribution in [-0.2, 0) is 12.8 Å². The fourth-order valence-electron chi connectivity index (χ4n) is 3.45. The zero-order valence-electron chi connectivity index (χ0n) is 15.2. The Morgan fingerprint density at radius 1 is 1.10 bits per heavy atom. The molecule has 29 heavy (non-hydrogen) atoms. The molecular weight excluding hydrogens is 376 g/mol. The van der Waals surface area contributed by atoms with Gasteiger partial charge in [0.25, 0.3) is 5.91 Å². The van der Waals surface area contributed by atoms with Gasteiger partial charge in [0.2, 0.25) is 0 Å². The van der Waals surface area contributed by atoms with Crippen molar-refractivity contribution in [1.29, 1.82) is 0 Å². The number of nitrogens with two attached hydrogens (primary N) is 2. The number of primary amides is 1. The number of carbonyl (C=O) groups is 1. The minimum absolute atomic E-state index is 0.0979. The summed E-state index contributed by atoms with van der Waals surface area (Å²) in [4.78, 5) is 16.3. The maximum atomic E-state index is 15.1. The van der Waals surface area contributed by atoms with Gasteiger partial charge in [0.05, 0.1) is 17.3 Å². The quantitative estimate of drug-likeness (QED) is 0.452.